The van der Waals surface area contributed by atoms with Gasteiger partial charge in [0, 0.05) is 0 Å². The summed E-state index contributed by atoms with van der Waals surface area (Å²) < 4.78 is 46.1. The Bertz CT molecular complexity index is 741. The zero-order valence-electron chi connectivity index (χ0n) is 12.0. The van der Waals surface area contributed by atoms with Crippen LogP contribution >= 0.6 is 0 Å². The van der Waals surface area contributed by atoms with Gasteiger partial charge in [0.1, 0.15) is 23.7 Å². The van der Waals surface area contributed by atoms with E-state index in [1.54, 1.807) is 24.3 Å². The number of benzene rings is 2. The smallest absolute Gasteiger partial charge is 0.489 e. The SMILES string of the molecule is O=C(O)c1cc(OCc2ccccc2)ccc1OC(=O)C(F)(F)F. The van der Waals surface area contributed by atoms with E-state index in [2.05, 4.69) is 4.74 Å². The molecule has 0 aliphatic rings. The first kappa shape index (κ1) is 17.3. The van der Waals surface area contributed by atoms with E-state index in [9.17, 15) is 22.8 Å². The van der Waals surface area contributed by atoms with Crippen LogP contribution in [0.4, 0.5) is 13.2 Å². The summed E-state index contributed by atoms with van der Waals surface area (Å²) in [5.41, 5.74) is 0.208. The molecule has 1 N–H and O–H groups in total. The third-order valence-corrected chi connectivity index (χ3v) is 2.86. The fourth-order valence-electron chi connectivity index (χ4n) is 1.75. The number of carboxylic acid groups (broad SMARTS) is 1. The highest BCUT2D eigenvalue weighted by atomic mass is 19.4. The lowest BCUT2D eigenvalue weighted by Gasteiger charge is -2.11. The first-order chi connectivity index (χ1) is 11.3. The summed E-state index contributed by atoms with van der Waals surface area (Å²) in [5.74, 6) is -4.65. The third kappa shape index (κ3) is 4.48. The third-order valence-electron chi connectivity index (χ3n) is 2.86. The Labute approximate surface area is 134 Å². The number of hydrogen-bond donors (Lipinski definition) is 1. The first-order valence-electron chi connectivity index (χ1n) is 6.60. The van der Waals surface area contributed by atoms with Crippen LogP contribution in [0, 0.1) is 0 Å². The van der Waals surface area contributed by atoms with Gasteiger partial charge in [-0.25, -0.2) is 9.59 Å². The maximum absolute atomic E-state index is 12.2. The number of esters is 1. The average molecular weight is 340 g/mol. The standard InChI is InChI=1S/C16H11F3O5/c17-16(18,19)15(22)24-13-7-6-11(8-12(13)14(20)21)23-9-10-4-2-1-3-5-10/h1-8H,9H2,(H,20,21). The van der Waals surface area contributed by atoms with Gasteiger partial charge in [-0.15, -0.1) is 0 Å². The van der Waals surface area contributed by atoms with Crippen molar-refractivity contribution in [1.29, 1.82) is 0 Å². The fraction of sp³-hybridized carbons (Fsp3) is 0.125. The largest absolute Gasteiger partial charge is 0.491 e. The lowest BCUT2D eigenvalue weighted by Crippen LogP contribution is -2.28. The number of rotatable bonds is 5. The minimum atomic E-state index is -5.22. The van der Waals surface area contributed by atoms with E-state index in [-0.39, 0.29) is 12.4 Å². The molecule has 0 aromatic heterocycles. The molecule has 2 aromatic carbocycles. The Morgan fingerprint density at radius 1 is 1.04 bits per heavy atom. The second-order valence-electron chi connectivity index (χ2n) is 4.62. The monoisotopic (exact) mass is 340 g/mol. The van der Waals surface area contributed by atoms with E-state index >= 15 is 0 Å². The van der Waals surface area contributed by atoms with Crippen molar-refractivity contribution in [2.75, 3.05) is 0 Å². The van der Waals surface area contributed by atoms with Crippen molar-refractivity contribution in [2.45, 2.75) is 12.8 Å². The molecule has 0 radical (unpaired) electrons. The van der Waals surface area contributed by atoms with Crippen LogP contribution in [0.5, 0.6) is 11.5 Å². The summed E-state index contributed by atoms with van der Waals surface area (Å²) in [7, 11) is 0. The second kappa shape index (κ2) is 7.03. The minimum Gasteiger partial charge on any atom is -0.489 e. The van der Waals surface area contributed by atoms with Crippen LogP contribution in [0.1, 0.15) is 15.9 Å². The summed E-state index contributed by atoms with van der Waals surface area (Å²) in [6.07, 6.45) is -5.22. The molecular formula is C16H11F3O5. The Hall–Kier alpha value is -3.03. The van der Waals surface area contributed by atoms with Crippen LogP contribution in [0.3, 0.4) is 0 Å². The topological polar surface area (TPSA) is 72.8 Å². The Morgan fingerprint density at radius 2 is 1.71 bits per heavy atom. The molecule has 0 spiro atoms. The fourth-order valence-corrected chi connectivity index (χ4v) is 1.75. The Kier molecular flexibility index (Phi) is 5.08. The van der Waals surface area contributed by atoms with Crippen LogP contribution in [0.2, 0.25) is 0 Å². The van der Waals surface area contributed by atoms with Gasteiger partial charge in [-0.2, -0.15) is 13.2 Å². The summed E-state index contributed by atoms with van der Waals surface area (Å²) in [5, 5.41) is 9.06. The van der Waals surface area contributed by atoms with Crippen LogP contribution in [-0.2, 0) is 11.4 Å². The van der Waals surface area contributed by atoms with Crippen molar-refractivity contribution in [2.24, 2.45) is 0 Å². The van der Waals surface area contributed by atoms with E-state index in [4.69, 9.17) is 9.84 Å². The van der Waals surface area contributed by atoms with Gasteiger partial charge in [-0.3, -0.25) is 0 Å². The highest BCUT2D eigenvalue weighted by Gasteiger charge is 2.42. The van der Waals surface area contributed by atoms with Gasteiger partial charge in [0.25, 0.3) is 0 Å². The van der Waals surface area contributed by atoms with Gasteiger partial charge in [-0.05, 0) is 23.8 Å². The maximum atomic E-state index is 12.2. The molecule has 0 aliphatic heterocycles. The first-order valence-corrected chi connectivity index (χ1v) is 6.60. The number of alkyl halides is 3. The highest BCUT2D eigenvalue weighted by molar-refractivity contribution is 5.93. The Morgan fingerprint density at radius 3 is 2.29 bits per heavy atom. The van der Waals surface area contributed by atoms with Gasteiger partial charge in [0.05, 0.1) is 0 Å². The molecule has 0 aliphatic carbocycles. The number of halogens is 3. The second-order valence-corrected chi connectivity index (χ2v) is 4.62. The van der Waals surface area contributed by atoms with Crippen molar-refractivity contribution < 1.29 is 37.3 Å². The predicted molar refractivity (Wildman–Crippen MR) is 75.9 cm³/mol. The van der Waals surface area contributed by atoms with Crippen molar-refractivity contribution in [3.05, 3.63) is 59.7 Å². The summed E-state index contributed by atoms with van der Waals surface area (Å²) in [6, 6.07) is 12.1. The molecule has 0 atom stereocenters. The zero-order valence-corrected chi connectivity index (χ0v) is 12.0. The highest BCUT2D eigenvalue weighted by Crippen LogP contribution is 2.27. The molecule has 0 fully saturated rings. The quantitative estimate of drug-likeness (QED) is 0.667. The van der Waals surface area contributed by atoms with Crippen LogP contribution in [0.15, 0.2) is 48.5 Å². The van der Waals surface area contributed by atoms with Crippen molar-refractivity contribution >= 4 is 11.9 Å². The summed E-state index contributed by atoms with van der Waals surface area (Å²) in [6.45, 7) is 0.140. The molecule has 126 valence electrons. The van der Waals surface area contributed by atoms with Crippen LogP contribution in [0.25, 0.3) is 0 Å². The molecule has 2 rings (SSSR count). The minimum absolute atomic E-state index is 0.114. The van der Waals surface area contributed by atoms with Crippen LogP contribution in [-0.4, -0.2) is 23.2 Å². The molecule has 8 heteroatoms. The molecule has 5 nitrogen and oxygen atoms in total. The maximum Gasteiger partial charge on any atom is 0.491 e. The summed E-state index contributed by atoms with van der Waals surface area (Å²) >= 11 is 0. The van der Waals surface area contributed by atoms with Crippen molar-refractivity contribution in [1.82, 2.24) is 0 Å². The van der Waals surface area contributed by atoms with Gasteiger partial charge in [0.2, 0.25) is 0 Å². The van der Waals surface area contributed by atoms with Gasteiger partial charge in [0.15, 0.2) is 0 Å². The lowest BCUT2D eigenvalue weighted by atomic mass is 10.2. The van der Waals surface area contributed by atoms with E-state index < -0.39 is 29.4 Å². The summed E-state index contributed by atoms with van der Waals surface area (Å²) in [4.78, 5) is 22.0. The van der Waals surface area contributed by atoms with E-state index in [1.165, 1.54) is 6.07 Å². The molecular weight excluding hydrogens is 329 g/mol. The molecule has 0 unspecified atom stereocenters. The molecule has 0 amide bonds. The normalized spacial score (nSPS) is 11.0. The molecule has 0 heterocycles. The Balaban J connectivity index is 2.17. The van der Waals surface area contributed by atoms with E-state index in [0.717, 1.165) is 17.7 Å². The van der Waals surface area contributed by atoms with E-state index in [1.807, 2.05) is 6.07 Å². The van der Waals surface area contributed by atoms with Gasteiger partial charge < -0.3 is 14.6 Å². The van der Waals surface area contributed by atoms with Crippen LogP contribution < -0.4 is 9.47 Å². The molecule has 0 saturated carbocycles. The van der Waals surface area contributed by atoms with Gasteiger partial charge >= 0.3 is 18.1 Å². The number of ether oxygens (including phenoxy) is 2. The average Bonchev–Trinajstić information content (AvgIpc) is 2.53. The zero-order chi connectivity index (χ0) is 17.7. The lowest BCUT2D eigenvalue weighted by molar-refractivity contribution is -0.189. The number of carbonyl (C=O) groups is 2. The number of aromatic carboxylic acids is 1. The predicted octanol–water partition coefficient (Wildman–Crippen LogP) is 3.43. The molecule has 24 heavy (non-hydrogen) atoms. The van der Waals surface area contributed by atoms with Crippen molar-refractivity contribution in [3.63, 3.8) is 0 Å². The molecule has 2 aromatic rings. The molecule has 0 saturated heterocycles. The molecule has 0 bridgehead atoms. The number of carbonyl (C=O) groups excluding carboxylic acids is 1. The number of hydrogen-bond acceptors (Lipinski definition) is 4. The van der Waals surface area contributed by atoms with Crippen molar-refractivity contribution in [3.8, 4) is 11.5 Å². The van der Waals surface area contributed by atoms with Gasteiger partial charge in [-0.1, -0.05) is 30.3 Å². The number of carboxylic acids is 1. The van der Waals surface area contributed by atoms with E-state index in [0.29, 0.717) is 0 Å².